The molecule has 0 saturated carbocycles. The SMILES string of the molecule is CC(NC(=O)C(CC(=O)O)NC(=O)C(N)Cc1cnc[nH]1)C(=O)O. The number of aromatic amines is 1. The summed E-state index contributed by atoms with van der Waals surface area (Å²) in [5.41, 5.74) is 6.30. The summed E-state index contributed by atoms with van der Waals surface area (Å²) in [6.45, 7) is 1.21. The molecule has 1 aromatic rings. The van der Waals surface area contributed by atoms with E-state index < -0.39 is 48.3 Å². The van der Waals surface area contributed by atoms with Crippen molar-refractivity contribution in [2.75, 3.05) is 0 Å². The molecule has 7 N–H and O–H groups in total. The van der Waals surface area contributed by atoms with Crippen LogP contribution in [0.4, 0.5) is 0 Å². The highest BCUT2D eigenvalue weighted by Crippen LogP contribution is 2.00. The van der Waals surface area contributed by atoms with Crippen LogP contribution in [0.15, 0.2) is 12.5 Å². The molecule has 1 rings (SSSR count). The Morgan fingerprint density at radius 3 is 2.42 bits per heavy atom. The average molecular weight is 341 g/mol. The Morgan fingerprint density at radius 1 is 1.25 bits per heavy atom. The fourth-order valence-corrected chi connectivity index (χ4v) is 1.76. The monoisotopic (exact) mass is 341 g/mol. The van der Waals surface area contributed by atoms with Crippen molar-refractivity contribution >= 4 is 23.8 Å². The number of rotatable bonds is 9. The van der Waals surface area contributed by atoms with Crippen LogP contribution >= 0.6 is 0 Å². The Hall–Kier alpha value is -2.95. The molecule has 2 amide bonds. The number of aliphatic carboxylic acids is 2. The van der Waals surface area contributed by atoms with Crippen LogP contribution in [0.5, 0.6) is 0 Å². The summed E-state index contributed by atoms with van der Waals surface area (Å²) in [6, 6.07) is -3.71. The second-order valence-corrected chi connectivity index (χ2v) is 5.12. The summed E-state index contributed by atoms with van der Waals surface area (Å²) < 4.78 is 0. The van der Waals surface area contributed by atoms with Gasteiger partial charge < -0.3 is 31.6 Å². The standard InChI is InChI=1S/C13H19N5O6/c1-6(13(23)24)17-12(22)9(3-10(19)20)18-11(21)8(14)2-7-4-15-5-16-7/h4-6,8-9H,2-3,14H2,1H3,(H,15,16)(H,17,22)(H,18,21)(H,19,20)(H,23,24). The summed E-state index contributed by atoms with van der Waals surface area (Å²) in [4.78, 5) is 52.1. The van der Waals surface area contributed by atoms with E-state index in [0.717, 1.165) is 0 Å². The van der Waals surface area contributed by atoms with Crippen LogP contribution in [0.1, 0.15) is 19.0 Å². The number of nitrogens with zero attached hydrogens (tertiary/aromatic N) is 1. The number of amides is 2. The van der Waals surface area contributed by atoms with Crippen LogP contribution in [-0.4, -0.2) is 62.1 Å². The van der Waals surface area contributed by atoms with Crippen LogP contribution in [-0.2, 0) is 25.6 Å². The molecular formula is C13H19N5O6. The van der Waals surface area contributed by atoms with E-state index in [-0.39, 0.29) is 6.42 Å². The topological polar surface area (TPSA) is 187 Å². The summed E-state index contributed by atoms with van der Waals surface area (Å²) in [5.74, 6) is -4.29. The van der Waals surface area contributed by atoms with Gasteiger partial charge in [-0.2, -0.15) is 0 Å². The fourth-order valence-electron chi connectivity index (χ4n) is 1.76. The van der Waals surface area contributed by atoms with Gasteiger partial charge in [-0.15, -0.1) is 0 Å². The van der Waals surface area contributed by atoms with Crippen molar-refractivity contribution in [3.8, 4) is 0 Å². The van der Waals surface area contributed by atoms with Crippen molar-refractivity contribution in [1.29, 1.82) is 0 Å². The molecule has 24 heavy (non-hydrogen) atoms. The van der Waals surface area contributed by atoms with Gasteiger partial charge in [0.05, 0.1) is 18.8 Å². The average Bonchev–Trinajstić information content (AvgIpc) is 2.98. The number of carbonyl (C=O) groups is 4. The highest BCUT2D eigenvalue weighted by atomic mass is 16.4. The van der Waals surface area contributed by atoms with Crippen LogP contribution in [0.25, 0.3) is 0 Å². The van der Waals surface area contributed by atoms with Gasteiger partial charge in [-0.1, -0.05) is 0 Å². The van der Waals surface area contributed by atoms with Crippen LogP contribution in [0.2, 0.25) is 0 Å². The number of hydrogen-bond donors (Lipinski definition) is 6. The smallest absolute Gasteiger partial charge is 0.325 e. The van der Waals surface area contributed by atoms with Crippen molar-refractivity contribution in [2.45, 2.75) is 37.9 Å². The van der Waals surface area contributed by atoms with Crippen molar-refractivity contribution in [1.82, 2.24) is 20.6 Å². The molecule has 0 aliphatic rings. The molecule has 0 fully saturated rings. The molecular weight excluding hydrogens is 322 g/mol. The van der Waals surface area contributed by atoms with Gasteiger partial charge in [0, 0.05) is 18.3 Å². The minimum atomic E-state index is -1.44. The summed E-state index contributed by atoms with van der Waals surface area (Å²) >= 11 is 0. The lowest BCUT2D eigenvalue weighted by molar-refractivity contribution is -0.143. The number of imidazole rings is 1. The first kappa shape index (κ1) is 19.1. The second-order valence-electron chi connectivity index (χ2n) is 5.12. The number of carbonyl (C=O) groups excluding carboxylic acids is 2. The number of H-pyrrole nitrogens is 1. The Labute approximate surface area is 136 Å². The summed E-state index contributed by atoms with van der Waals surface area (Å²) in [5, 5.41) is 21.9. The number of aromatic nitrogens is 2. The van der Waals surface area contributed by atoms with Gasteiger partial charge in [0.2, 0.25) is 11.8 Å². The van der Waals surface area contributed by atoms with Crippen LogP contribution in [0, 0.1) is 0 Å². The Morgan fingerprint density at radius 2 is 1.92 bits per heavy atom. The predicted octanol–water partition coefficient (Wildman–Crippen LogP) is -2.17. The fraction of sp³-hybridized carbons (Fsp3) is 0.462. The molecule has 0 aromatic carbocycles. The number of carboxylic acids is 2. The van der Waals surface area contributed by atoms with Crippen LogP contribution < -0.4 is 16.4 Å². The second kappa shape index (κ2) is 8.62. The molecule has 1 aromatic heterocycles. The number of carboxylic acid groups (broad SMARTS) is 2. The molecule has 0 aliphatic heterocycles. The number of nitrogens with two attached hydrogens (primary N) is 1. The zero-order chi connectivity index (χ0) is 18.3. The van der Waals surface area contributed by atoms with E-state index in [2.05, 4.69) is 20.6 Å². The van der Waals surface area contributed by atoms with Crippen molar-refractivity contribution in [2.24, 2.45) is 5.73 Å². The third kappa shape index (κ3) is 6.04. The maximum atomic E-state index is 12.0. The largest absolute Gasteiger partial charge is 0.481 e. The first-order valence-electron chi connectivity index (χ1n) is 6.99. The highest BCUT2D eigenvalue weighted by Gasteiger charge is 2.28. The lowest BCUT2D eigenvalue weighted by atomic mass is 10.1. The third-order valence-electron chi connectivity index (χ3n) is 3.07. The normalized spacial score (nSPS) is 14.2. The number of hydrogen-bond acceptors (Lipinski definition) is 6. The van der Waals surface area contributed by atoms with Gasteiger partial charge in [-0.3, -0.25) is 19.2 Å². The maximum Gasteiger partial charge on any atom is 0.325 e. The van der Waals surface area contributed by atoms with E-state index in [1.165, 1.54) is 19.4 Å². The Kier molecular flexibility index (Phi) is 6.86. The van der Waals surface area contributed by atoms with Crippen molar-refractivity contribution < 1.29 is 29.4 Å². The minimum Gasteiger partial charge on any atom is -0.481 e. The number of nitrogens with one attached hydrogen (secondary N) is 3. The molecule has 0 aliphatic carbocycles. The molecule has 3 unspecified atom stereocenters. The lowest BCUT2D eigenvalue weighted by Crippen LogP contribution is -2.54. The van der Waals surface area contributed by atoms with Crippen molar-refractivity contribution in [3.63, 3.8) is 0 Å². The molecule has 132 valence electrons. The van der Waals surface area contributed by atoms with Gasteiger partial charge in [-0.25, -0.2) is 4.98 Å². The molecule has 3 atom stereocenters. The molecule has 0 saturated heterocycles. The van der Waals surface area contributed by atoms with Gasteiger partial charge in [0.25, 0.3) is 0 Å². The first-order valence-corrected chi connectivity index (χ1v) is 6.99. The van der Waals surface area contributed by atoms with E-state index >= 15 is 0 Å². The molecule has 11 heteroatoms. The molecule has 1 heterocycles. The zero-order valence-electron chi connectivity index (χ0n) is 12.9. The zero-order valence-corrected chi connectivity index (χ0v) is 12.9. The van der Waals surface area contributed by atoms with E-state index in [9.17, 15) is 19.2 Å². The maximum absolute atomic E-state index is 12.0. The van der Waals surface area contributed by atoms with Gasteiger partial charge in [0.1, 0.15) is 12.1 Å². The molecule has 11 nitrogen and oxygen atoms in total. The third-order valence-corrected chi connectivity index (χ3v) is 3.07. The quantitative estimate of drug-likeness (QED) is 0.292. The molecule has 0 bridgehead atoms. The lowest BCUT2D eigenvalue weighted by Gasteiger charge is -2.20. The van der Waals surface area contributed by atoms with Gasteiger partial charge in [0.15, 0.2) is 0 Å². The van der Waals surface area contributed by atoms with Gasteiger partial charge in [-0.05, 0) is 6.92 Å². The summed E-state index contributed by atoms with van der Waals surface area (Å²) in [6.07, 6.45) is 2.29. The Balaban J connectivity index is 2.70. The Bertz CT molecular complexity index is 602. The summed E-state index contributed by atoms with van der Waals surface area (Å²) in [7, 11) is 0. The highest BCUT2D eigenvalue weighted by molar-refractivity contribution is 5.93. The molecule has 0 radical (unpaired) electrons. The predicted molar refractivity (Wildman–Crippen MR) is 79.7 cm³/mol. The first-order chi connectivity index (χ1) is 11.2. The van der Waals surface area contributed by atoms with E-state index in [1.807, 2.05) is 0 Å². The van der Waals surface area contributed by atoms with Crippen LogP contribution in [0.3, 0.4) is 0 Å². The van der Waals surface area contributed by atoms with Crippen molar-refractivity contribution in [3.05, 3.63) is 18.2 Å². The van der Waals surface area contributed by atoms with E-state index in [0.29, 0.717) is 5.69 Å². The molecule has 0 spiro atoms. The van der Waals surface area contributed by atoms with E-state index in [4.69, 9.17) is 15.9 Å². The van der Waals surface area contributed by atoms with E-state index in [1.54, 1.807) is 0 Å². The minimum absolute atomic E-state index is 0.110. The van der Waals surface area contributed by atoms with Gasteiger partial charge >= 0.3 is 11.9 Å².